The van der Waals surface area contributed by atoms with Crippen molar-refractivity contribution in [2.24, 2.45) is 0 Å². The summed E-state index contributed by atoms with van der Waals surface area (Å²) in [6, 6.07) is 17.2. The van der Waals surface area contributed by atoms with Crippen molar-refractivity contribution in [1.82, 2.24) is 14.9 Å². The summed E-state index contributed by atoms with van der Waals surface area (Å²) in [7, 11) is -3.73. The molecule has 1 aliphatic rings. The second-order valence-electron chi connectivity index (χ2n) is 8.28. The summed E-state index contributed by atoms with van der Waals surface area (Å²) >= 11 is 0. The van der Waals surface area contributed by atoms with E-state index in [0.717, 1.165) is 24.2 Å². The van der Waals surface area contributed by atoms with Crippen LogP contribution >= 0.6 is 0 Å². The molecule has 1 amide bonds. The maximum Gasteiger partial charge on any atom is 0.251 e. The number of hydrogen-bond donors (Lipinski definition) is 2. The Morgan fingerprint density at radius 1 is 1.03 bits per heavy atom. The van der Waals surface area contributed by atoms with Gasteiger partial charge in [0.1, 0.15) is 5.76 Å². The van der Waals surface area contributed by atoms with E-state index in [4.69, 9.17) is 9.15 Å². The molecule has 1 fully saturated rings. The number of benzene rings is 2. The van der Waals surface area contributed by atoms with Gasteiger partial charge in [-0.05, 0) is 48.9 Å². The number of furan rings is 1. The molecule has 34 heavy (non-hydrogen) atoms. The van der Waals surface area contributed by atoms with Crippen LogP contribution in [0.25, 0.3) is 0 Å². The molecule has 1 atom stereocenters. The fourth-order valence-electron chi connectivity index (χ4n) is 3.76. The van der Waals surface area contributed by atoms with Crippen LogP contribution in [0.2, 0.25) is 0 Å². The zero-order valence-electron chi connectivity index (χ0n) is 19.1. The number of morpholine rings is 1. The first-order valence-electron chi connectivity index (χ1n) is 11.2. The van der Waals surface area contributed by atoms with Crippen molar-refractivity contribution < 1.29 is 22.4 Å². The van der Waals surface area contributed by atoms with Gasteiger partial charge in [0.05, 0.1) is 37.0 Å². The van der Waals surface area contributed by atoms with Gasteiger partial charge in [-0.25, -0.2) is 13.1 Å². The van der Waals surface area contributed by atoms with Crippen molar-refractivity contribution in [2.45, 2.75) is 24.4 Å². The van der Waals surface area contributed by atoms with Gasteiger partial charge in [-0.2, -0.15) is 0 Å². The Bertz CT molecular complexity index is 1170. The number of carbonyl (C=O) groups is 1. The van der Waals surface area contributed by atoms with Crippen LogP contribution in [0.4, 0.5) is 0 Å². The average molecular weight is 484 g/mol. The highest BCUT2D eigenvalue weighted by Gasteiger charge is 2.21. The molecule has 0 unspecified atom stereocenters. The lowest BCUT2D eigenvalue weighted by atomic mass is 10.0. The predicted molar refractivity (Wildman–Crippen MR) is 128 cm³/mol. The third-order valence-electron chi connectivity index (χ3n) is 5.77. The Kier molecular flexibility index (Phi) is 7.79. The van der Waals surface area contributed by atoms with E-state index in [1.54, 1.807) is 12.1 Å². The van der Waals surface area contributed by atoms with E-state index in [1.165, 1.54) is 30.5 Å². The Labute approximate surface area is 200 Å². The summed E-state index contributed by atoms with van der Waals surface area (Å²) in [4.78, 5) is 15.4. The standard InChI is InChI=1S/C25H29N3O5S/c1-19-4-6-20(7-5-19)24(18-28-12-15-32-16-13-28)27-25(29)21-8-10-23(11-9-21)34(30,31)26-17-22-3-2-14-33-22/h2-11,14,24,26H,12-13,15-18H2,1H3,(H,27,29)/t24-/m1/s1. The van der Waals surface area contributed by atoms with Crippen LogP contribution in [0.15, 0.2) is 76.2 Å². The molecule has 3 aromatic rings. The van der Waals surface area contributed by atoms with Gasteiger partial charge in [0.15, 0.2) is 0 Å². The second kappa shape index (κ2) is 11.0. The predicted octanol–water partition coefficient (Wildman–Crippen LogP) is 2.87. The number of rotatable bonds is 9. The monoisotopic (exact) mass is 483 g/mol. The summed E-state index contributed by atoms with van der Waals surface area (Å²) in [5.41, 5.74) is 2.56. The molecule has 1 aliphatic heterocycles. The van der Waals surface area contributed by atoms with Crippen molar-refractivity contribution in [3.8, 4) is 0 Å². The molecule has 180 valence electrons. The summed E-state index contributed by atoms with van der Waals surface area (Å²) in [6.45, 7) is 5.74. The van der Waals surface area contributed by atoms with Crippen LogP contribution in [0, 0.1) is 6.92 Å². The van der Waals surface area contributed by atoms with Gasteiger partial charge < -0.3 is 14.5 Å². The molecule has 2 N–H and O–H groups in total. The van der Waals surface area contributed by atoms with Crippen LogP contribution in [-0.4, -0.2) is 52.1 Å². The number of ether oxygens (including phenoxy) is 1. The minimum Gasteiger partial charge on any atom is -0.468 e. The fraction of sp³-hybridized carbons (Fsp3) is 0.320. The summed E-state index contributed by atoms with van der Waals surface area (Å²) < 4.78 is 38.2. The number of aryl methyl sites for hydroxylation is 1. The van der Waals surface area contributed by atoms with Crippen LogP contribution in [0.1, 0.15) is 33.3 Å². The van der Waals surface area contributed by atoms with E-state index in [0.29, 0.717) is 31.1 Å². The topological polar surface area (TPSA) is 101 Å². The quantitative estimate of drug-likeness (QED) is 0.485. The first kappa shape index (κ1) is 24.2. The Morgan fingerprint density at radius 3 is 2.38 bits per heavy atom. The SMILES string of the molecule is Cc1ccc([C@@H](CN2CCOCC2)NC(=O)c2ccc(S(=O)(=O)NCc3ccco3)cc2)cc1. The van der Waals surface area contributed by atoms with Gasteiger partial charge in [-0.1, -0.05) is 29.8 Å². The number of amides is 1. The average Bonchev–Trinajstić information content (AvgIpc) is 3.38. The second-order valence-corrected chi connectivity index (χ2v) is 10.0. The minimum absolute atomic E-state index is 0.0529. The molecule has 1 saturated heterocycles. The number of sulfonamides is 1. The Balaban J connectivity index is 1.44. The van der Waals surface area contributed by atoms with Gasteiger partial charge >= 0.3 is 0 Å². The molecule has 0 spiro atoms. The Hall–Kier alpha value is -2.98. The Morgan fingerprint density at radius 2 is 1.74 bits per heavy atom. The molecule has 8 nitrogen and oxygen atoms in total. The highest BCUT2D eigenvalue weighted by atomic mass is 32.2. The van der Waals surface area contributed by atoms with E-state index in [2.05, 4.69) is 14.9 Å². The first-order valence-corrected chi connectivity index (χ1v) is 12.7. The van der Waals surface area contributed by atoms with Crippen molar-refractivity contribution in [2.75, 3.05) is 32.8 Å². The first-order chi connectivity index (χ1) is 16.4. The molecule has 1 aromatic heterocycles. The molecule has 4 rings (SSSR count). The zero-order valence-corrected chi connectivity index (χ0v) is 19.9. The lowest BCUT2D eigenvalue weighted by Crippen LogP contribution is -2.43. The molecule has 0 aliphatic carbocycles. The molecule has 0 saturated carbocycles. The van der Waals surface area contributed by atoms with Crippen molar-refractivity contribution in [3.63, 3.8) is 0 Å². The number of nitrogens with one attached hydrogen (secondary N) is 2. The van der Waals surface area contributed by atoms with E-state index < -0.39 is 10.0 Å². The van der Waals surface area contributed by atoms with Crippen LogP contribution in [0.5, 0.6) is 0 Å². The number of hydrogen-bond acceptors (Lipinski definition) is 6. The molecule has 2 heterocycles. The molecule has 9 heteroatoms. The van der Waals surface area contributed by atoms with Crippen LogP contribution in [-0.2, 0) is 21.3 Å². The molecular formula is C25H29N3O5S. The smallest absolute Gasteiger partial charge is 0.251 e. The van der Waals surface area contributed by atoms with Crippen molar-refractivity contribution in [1.29, 1.82) is 0 Å². The zero-order chi connectivity index (χ0) is 24.0. The van der Waals surface area contributed by atoms with E-state index in [1.807, 2.05) is 31.2 Å². The summed E-state index contributed by atoms with van der Waals surface area (Å²) in [5.74, 6) is 0.258. The lowest BCUT2D eigenvalue weighted by Gasteiger charge is -2.31. The highest BCUT2D eigenvalue weighted by molar-refractivity contribution is 7.89. The van der Waals surface area contributed by atoms with Gasteiger partial charge in [-0.15, -0.1) is 0 Å². The summed E-state index contributed by atoms with van der Waals surface area (Å²) in [5, 5.41) is 3.12. The van der Waals surface area contributed by atoms with Crippen molar-refractivity contribution in [3.05, 3.63) is 89.4 Å². The minimum atomic E-state index is -3.73. The van der Waals surface area contributed by atoms with Gasteiger partial charge in [0.25, 0.3) is 5.91 Å². The fourth-order valence-corrected chi connectivity index (χ4v) is 4.76. The van der Waals surface area contributed by atoms with E-state index in [-0.39, 0.29) is 23.4 Å². The van der Waals surface area contributed by atoms with Crippen LogP contribution in [0.3, 0.4) is 0 Å². The highest BCUT2D eigenvalue weighted by Crippen LogP contribution is 2.18. The third kappa shape index (κ3) is 6.32. The van der Waals surface area contributed by atoms with Gasteiger partial charge in [0, 0.05) is 25.2 Å². The summed E-state index contributed by atoms with van der Waals surface area (Å²) in [6.07, 6.45) is 1.49. The normalized spacial score (nSPS) is 15.7. The molecule has 2 aromatic carbocycles. The van der Waals surface area contributed by atoms with E-state index >= 15 is 0 Å². The third-order valence-corrected chi connectivity index (χ3v) is 7.19. The lowest BCUT2D eigenvalue weighted by molar-refractivity contribution is 0.0332. The molecule has 0 radical (unpaired) electrons. The van der Waals surface area contributed by atoms with Crippen molar-refractivity contribution >= 4 is 15.9 Å². The molecule has 0 bridgehead atoms. The number of carbonyl (C=O) groups excluding carboxylic acids is 1. The maximum atomic E-state index is 13.0. The van der Waals surface area contributed by atoms with Gasteiger partial charge in [-0.3, -0.25) is 9.69 Å². The maximum absolute atomic E-state index is 13.0. The largest absolute Gasteiger partial charge is 0.468 e. The van der Waals surface area contributed by atoms with E-state index in [9.17, 15) is 13.2 Å². The van der Waals surface area contributed by atoms with Gasteiger partial charge in [0.2, 0.25) is 10.0 Å². The van der Waals surface area contributed by atoms with Crippen LogP contribution < -0.4 is 10.0 Å². The molecular weight excluding hydrogens is 454 g/mol. The number of nitrogens with zero attached hydrogens (tertiary/aromatic N) is 1.